The van der Waals surface area contributed by atoms with Crippen molar-refractivity contribution in [1.82, 2.24) is 0 Å². The Kier molecular flexibility index (Phi) is 5.05. The van der Waals surface area contributed by atoms with Gasteiger partial charge in [0.2, 0.25) is 5.91 Å². The van der Waals surface area contributed by atoms with Crippen LogP contribution >= 0.6 is 0 Å². The number of hydrogen-bond acceptors (Lipinski definition) is 2. The molecular formula is C17H26N2O. The zero-order valence-corrected chi connectivity index (χ0v) is 12.9. The number of piperidine rings is 1. The standard InChI is InChI=1S/C17H26N2O/c1-4-15-7-5-6-12-19(15)16-10-8-14(9-11-16)18-17(20)13(2)3/h8-11,13,15H,4-7,12H2,1-3H3,(H,18,20). The Morgan fingerprint density at radius 1 is 1.30 bits per heavy atom. The van der Waals surface area contributed by atoms with Crippen molar-refractivity contribution >= 4 is 17.3 Å². The second-order valence-corrected chi connectivity index (χ2v) is 5.94. The molecule has 0 radical (unpaired) electrons. The number of rotatable bonds is 4. The van der Waals surface area contributed by atoms with Gasteiger partial charge >= 0.3 is 0 Å². The molecule has 0 aromatic heterocycles. The summed E-state index contributed by atoms with van der Waals surface area (Å²) in [6, 6.07) is 8.95. The predicted molar refractivity (Wildman–Crippen MR) is 85.2 cm³/mol. The van der Waals surface area contributed by atoms with Gasteiger partial charge in [-0.25, -0.2) is 0 Å². The van der Waals surface area contributed by atoms with Crippen molar-refractivity contribution in [2.75, 3.05) is 16.8 Å². The Balaban J connectivity index is 2.05. The smallest absolute Gasteiger partial charge is 0.226 e. The zero-order chi connectivity index (χ0) is 14.5. The van der Waals surface area contributed by atoms with E-state index in [2.05, 4.69) is 29.3 Å². The van der Waals surface area contributed by atoms with Crippen LogP contribution < -0.4 is 10.2 Å². The lowest BCUT2D eigenvalue weighted by Gasteiger charge is -2.37. The van der Waals surface area contributed by atoms with E-state index in [0.29, 0.717) is 6.04 Å². The van der Waals surface area contributed by atoms with Crippen LogP contribution in [0.5, 0.6) is 0 Å². The van der Waals surface area contributed by atoms with Gasteiger partial charge in [0.1, 0.15) is 0 Å². The maximum Gasteiger partial charge on any atom is 0.226 e. The third-order valence-corrected chi connectivity index (χ3v) is 4.09. The molecule has 0 bridgehead atoms. The van der Waals surface area contributed by atoms with Gasteiger partial charge in [0.05, 0.1) is 0 Å². The first-order valence-electron chi connectivity index (χ1n) is 7.79. The highest BCUT2D eigenvalue weighted by Gasteiger charge is 2.20. The van der Waals surface area contributed by atoms with Crippen LogP contribution in [0, 0.1) is 5.92 Å². The summed E-state index contributed by atoms with van der Waals surface area (Å²) in [6.45, 7) is 7.23. The van der Waals surface area contributed by atoms with E-state index in [1.165, 1.54) is 31.4 Å². The second-order valence-electron chi connectivity index (χ2n) is 5.94. The van der Waals surface area contributed by atoms with Gasteiger partial charge in [0.25, 0.3) is 0 Å². The lowest BCUT2D eigenvalue weighted by molar-refractivity contribution is -0.118. The molecule has 0 spiro atoms. The summed E-state index contributed by atoms with van der Waals surface area (Å²) in [5.74, 6) is 0.0865. The quantitative estimate of drug-likeness (QED) is 0.898. The number of nitrogens with one attached hydrogen (secondary N) is 1. The minimum Gasteiger partial charge on any atom is -0.369 e. The normalized spacial score (nSPS) is 19.2. The van der Waals surface area contributed by atoms with Gasteiger partial charge in [-0.05, 0) is 49.9 Å². The van der Waals surface area contributed by atoms with Crippen molar-refractivity contribution in [3.05, 3.63) is 24.3 Å². The van der Waals surface area contributed by atoms with Crippen molar-refractivity contribution in [3.63, 3.8) is 0 Å². The van der Waals surface area contributed by atoms with Crippen molar-refractivity contribution in [2.45, 2.75) is 52.5 Å². The Bertz CT molecular complexity index is 439. The molecule has 0 saturated carbocycles. The predicted octanol–water partition coefficient (Wildman–Crippen LogP) is 4.05. The third-order valence-electron chi connectivity index (χ3n) is 4.09. The van der Waals surface area contributed by atoms with E-state index in [1.807, 2.05) is 26.0 Å². The van der Waals surface area contributed by atoms with Gasteiger partial charge in [0.15, 0.2) is 0 Å². The molecule has 3 nitrogen and oxygen atoms in total. The molecule has 1 heterocycles. The monoisotopic (exact) mass is 274 g/mol. The fourth-order valence-corrected chi connectivity index (χ4v) is 2.79. The van der Waals surface area contributed by atoms with Crippen LogP contribution in [-0.2, 0) is 4.79 Å². The number of hydrogen-bond donors (Lipinski definition) is 1. The van der Waals surface area contributed by atoms with Crippen molar-refractivity contribution < 1.29 is 4.79 Å². The number of nitrogens with zero attached hydrogens (tertiary/aromatic N) is 1. The largest absolute Gasteiger partial charge is 0.369 e. The summed E-state index contributed by atoms with van der Waals surface area (Å²) in [6.07, 6.45) is 5.12. The fraction of sp³-hybridized carbons (Fsp3) is 0.588. The third kappa shape index (κ3) is 3.53. The molecule has 1 aliphatic rings. The fourth-order valence-electron chi connectivity index (χ4n) is 2.79. The van der Waals surface area contributed by atoms with Crippen LogP contribution in [0.3, 0.4) is 0 Å². The van der Waals surface area contributed by atoms with Gasteiger partial charge in [-0.3, -0.25) is 4.79 Å². The average molecular weight is 274 g/mol. The van der Waals surface area contributed by atoms with Crippen molar-refractivity contribution in [1.29, 1.82) is 0 Å². The lowest BCUT2D eigenvalue weighted by Crippen LogP contribution is -2.39. The number of carbonyl (C=O) groups excluding carboxylic acids is 1. The molecule has 3 heteroatoms. The molecule has 1 fully saturated rings. The van der Waals surface area contributed by atoms with E-state index in [-0.39, 0.29) is 11.8 Å². The minimum absolute atomic E-state index is 0.0150. The summed E-state index contributed by atoms with van der Waals surface area (Å²) >= 11 is 0. The highest BCUT2D eigenvalue weighted by molar-refractivity contribution is 5.92. The van der Waals surface area contributed by atoms with E-state index in [4.69, 9.17) is 0 Å². The summed E-state index contributed by atoms with van der Waals surface area (Å²) in [5.41, 5.74) is 2.16. The van der Waals surface area contributed by atoms with Gasteiger partial charge in [-0.2, -0.15) is 0 Å². The molecule has 1 N–H and O–H groups in total. The van der Waals surface area contributed by atoms with Gasteiger partial charge in [0, 0.05) is 29.9 Å². The maximum absolute atomic E-state index is 11.7. The number of anilines is 2. The van der Waals surface area contributed by atoms with Crippen LogP contribution in [0.25, 0.3) is 0 Å². The summed E-state index contributed by atoms with van der Waals surface area (Å²) < 4.78 is 0. The molecule has 1 atom stereocenters. The van der Waals surface area contributed by atoms with E-state index in [0.717, 1.165) is 12.2 Å². The number of amides is 1. The van der Waals surface area contributed by atoms with Gasteiger partial charge < -0.3 is 10.2 Å². The van der Waals surface area contributed by atoms with E-state index < -0.39 is 0 Å². The molecule has 1 aromatic rings. The molecule has 110 valence electrons. The van der Waals surface area contributed by atoms with E-state index in [9.17, 15) is 4.79 Å². The first kappa shape index (κ1) is 14.9. The van der Waals surface area contributed by atoms with Crippen LogP contribution in [0.15, 0.2) is 24.3 Å². The summed E-state index contributed by atoms with van der Waals surface area (Å²) in [5, 5.41) is 2.94. The lowest BCUT2D eigenvalue weighted by atomic mass is 9.99. The van der Waals surface area contributed by atoms with Crippen LogP contribution in [0.1, 0.15) is 46.5 Å². The summed E-state index contributed by atoms with van der Waals surface area (Å²) in [4.78, 5) is 14.2. The van der Waals surface area contributed by atoms with Crippen LogP contribution in [-0.4, -0.2) is 18.5 Å². The molecule has 20 heavy (non-hydrogen) atoms. The van der Waals surface area contributed by atoms with Crippen molar-refractivity contribution in [3.8, 4) is 0 Å². The average Bonchev–Trinajstić information content (AvgIpc) is 2.48. The first-order chi connectivity index (χ1) is 9.61. The van der Waals surface area contributed by atoms with Crippen molar-refractivity contribution in [2.24, 2.45) is 5.92 Å². The van der Waals surface area contributed by atoms with E-state index >= 15 is 0 Å². The van der Waals surface area contributed by atoms with E-state index in [1.54, 1.807) is 0 Å². The zero-order valence-electron chi connectivity index (χ0n) is 12.9. The minimum atomic E-state index is 0.0150. The van der Waals surface area contributed by atoms with Crippen LogP contribution in [0.4, 0.5) is 11.4 Å². The molecule has 0 aliphatic carbocycles. The Hall–Kier alpha value is -1.51. The molecule has 1 aliphatic heterocycles. The SMILES string of the molecule is CCC1CCCCN1c1ccc(NC(=O)C(C)C)cc1. The second kappa shape index (κ2) is 6.78. The maximum atomic E-state index is 11.7. The highest BCUT2D eigenvalue weighted by atomic mass is 16.1. The molecular weight excluding hydrogens is 248 g/mol. The summed E-state index contributed by atoms with van der Waals surface area (Å²) in [7, 11) is 0. The molecule has 1 amide bonds. The molecule has 2 rings (SSSR count). The number of benzene rings is 1. The number of carbonyl (C=O) groups is 1. The molecule has 1 aromatic carbocycles. The Morgan fingerprint density at radius 2 is 2.00 bits per heavy atom. The topological polar surface area (TPSA) is 32.3 Å². The Labute approximate surface area is 122 Å². The van der Waals surface area contributed by atoms with Gasteiger partial charge in [-0.15, -0.1) is 0 Å². The highest BCUT2D eigenvalue weighted by Crippen LogP contribution is 2.27. The molecule has 1 unspecified atom stereocenters. The molecule has 1 saturated heterocycles. The van der Waals surface area contributed by atoms with Crippen LogP contribution in [0.2, 0.25) is 0 Å². The Morgan fingerprint density at radius 3 is 2.60 bits per heavy atom. The van der Waals surface area contributed by atoms with Gasteiger partial charge in [-0.1, -0.05) is 20.8 Å². The first-order valence-corrected chi connectivity index (χ1v) is 7.79.